The minimum atomic E-state index is -0.879. The monoisotopic (exact) mass is 407 g/mol. The molecule has 1 atom stereocenters. The van der Waals surface area contributed by atoms with E-state index in [1.54, 1.807) is 24.3 Å². The second kappa shape index (κ2) is 9.35. The van der Waals surface area contributed by atoms with E-state index in [1.807, 2.05) is 44.2 Å². The number of ether oxygens (including phenoxy) is 1. The maximum atomic E-state index is 13.1. The van der Waals surface area contributed by atoms with E-state index >= 15 is 0 Å². The molecule has 0 saturated heterocycles. The number of hydrogen-bond donors (Lipinski definition) is 1. The highest BCUT2D eigenvalue weighted by molar-refractivity contribution is 6.05. The van der Waals surface area contributed by atoms with Gasteiger partial charge in [0.1, 0.15) is 6.04 Å². The van der Waals surface area contributed by atoms with Crippen LogP contribution in [0.2, 0.25) is 0 Å². The first-order valence-corrected chi connectivity index (χ1v) is 9.83. The SMILES string of the molecule is COC(=O)[C@@H](Cc1ccccc1)NC(=O)c1nn(CC(C)C)c(=O)c2ccccc12. The molecule has 0 saturated carbocycles. The zero-order valence-corrected chi connectivity index (χ0v) is 17.3. The number of carbonyl (C=O) groups is 2. The standard InChI is InChI=1S/C23H25N3O4/c1-15(2)14-26-22(28)18-12-8-7-11-17(18)20(25-26)21(27)24-19(23(29)30-3)13-16-9-5-4-6-10-16/h4-12,15,19H,13-14H2,1-3H3,(H,24,27)/t19-/m1/s1. The molecule has 1 heterocycles. The molecule has 1 amide bonds. The summed E-state index contributed by atoms with van der Waals surface area (Å²) in [6, 6.07) is 15.3. The number of aromatic nitrogens is 2. The summed E-state index contributed by atoms with van der Waals surface area (Å²) in [4.78, 5) is 38.2. The van der Waals surface area contributed by atoms with E-state index in [2.05, 4.69) is 10.4 Å². The van der Waals surface area contributed by atoms with Gasteiger partial charge in [0, 0.05) is 18.4 Å². The largest absolute Gasteiger partial charge is 0.467 e. The van der Waals surface area contributed by atoms with Gasteiger partial charge in [-0.05, 0) is 17.5 Å². The molecule has 2 aromatic carbocycles. The van der Waals surface area contributed by atoms with Crippen molar-refractivity contribution >= 4 is 22.6 Å². The van der Waals surface area contributed by atoms with Crippen molar-refractivity contribution in [2.75, 3.05) is 7.11 Å². The molecule has 7 nitrogen and oxygen atoms in total. The van der Waals surface area contributed by atoms with Gasteiger partial charge in [-0.25, -0.2) is 9.48 Å². The lowest BCUT2D eigenvalue weighted by molar-refractivity contribution is -0.142. The molecule has 0 radical (unpaired) electrons. The summed E-state index contributed by atoms with van der Waals surface area (Å²) in [6.45, 7) is 4.32. The number of methoxy groups -OCH3 is 1. The van der Waals surface area contributed by atoms with Gasteiger partial charge < -0.3 is 10.1 Å². The van der Waals surface area contributed by atoms with E-state index < -0.39 is 17.9 Å². The molecule has 0 aliphatic carbocycles. The summed E-state index contributed by atoms with van der Waals surface area (Å²) in [7, 11) is 1.28. The Hall–Kier alpha value is -3.48. The van der Waals surface area contributed by atoms with Crippen LogP contribution in [0.5, 0.6) is 0 Å². The van der Waals surface area contributed by atoms with E-state index in [0.717, 1.165) is 5.56 Å². The molecule has 3 aromatic rings. The molecular weight excluding hydrogens is 382 g/mol. The summed E-state index contributed by atoms with van der Waals surface area (Å²) in [5.74, 6) is -0.907. The molecule has 156 valence electrons. The number of esters is 1. The fourth-order valence-electron chi connectivity index (χ4n) is 3.28. The Morgan fingerprint density at radius 3 is 2.30 bits per heavy atom. The lowest BCUT2D eigenvalue weighted by atomic mass is 10.1. The Bertz CT molecular complexity index is 1110. The lowest BCUT2D eigenvalue weighted by Crippen LogP contribution is -2.44. The summed E-state index contributed by atoms with van der Waals surface area (Å²) in [6.07, 6.45) is 0.281. The quantitative estimate of drug-likeness (QED) is 0.608. The van der Waals surface area contributed by atoms with Crippen LogP contribution >= 0.6 is 0 Å². The van der Waals surface area contributed by atoms with Crippen LogP contribution in [-0.2, 0) is 22.5 Å². The summed E-state index contributed by atoms with van der Waals surface area (Å²) in [5, 5.41) is 7.92. The molecule has 0 fully saturated rings. The number of benzene rings is 2. The average Bonchev–Trinajstić information content (AvgIpc) is 2.75. The van der Waals surface area contributed by atoms with E-state index in [9.17, 15) is 14.4 Å². The third-order valence-corrected chi connectivity index (χ3v) is 4.69. The fourth-order valence-corrected chi connectivity index (χ4v) is 3.28. The molecule has 0 aliphatic heterocycles. The first kappa shape index (κ1) is 21.2. The Kier molecular flexibility index (Phi) is 6.61. The number of amides is 1. The van der Waals surface area contributed by atoms with Gasteiger partial charge in [-0.3, -0.25) is 9.59 Å². The van der Waals surface area contributed by atoms with Crippen molar-refractivity contribution in [1.82, 2.24) is 15.1 Å². The van der Waals surface area contributed by atoms with E-state index in [1.165, 1.54) is 11.8 Å². The molecule has 3 rings (SSSR count). The normalized spacial score (nSPS) is 12.0. The first-order chi connectivity index (χ1) is 14.4. The van der Waals surface area contributed by atoms with Crippen LogP contribution in [0.1, 0.15) is 29.9 Å². The van der Waals surface area contributed by atoms with E-state index in [4.69, 9.17) is 4.74 Å². The van der Waals surface area contributed by atoms with Crippen molar-refractivity contribution in [2.24, 2.45) is 5.92 Å². The Morgan fingerprint density at radius 2 is 1.67 bits per heavy atom. The van der Waals surface area contributed by atoms with Crippen LogP contribution in [0.4, 0.5) is 0 Å². The van der Waals surface area contributed by atoms with Crippen LogP contribution < -0.4 is 10.9 Å². The zero-order chi connectivity index (χ0) is 21.7. The number of rotatable bonds is 7. The third kappa shape index (κ3) is 4.74. The number of hydrogen-bond acceptors (Lipinski definition) is 5. The molecule has 1 N–H and O–H groups in total. The van der Waals surface area contributed by atoms with E-state index in [-0.39, 0.29) is 23.6 Å². The minimum absolute atomic E-state index is 0.104. The smallest absolute Gasteiger partial charge is 0.328 e. The third-order valence-electron chi connectivity index (χ3n) is 4.69. The highest BCUT2D eigenvalue weighted by atomic mass is 16.5. The van der Waals surface area contributed by atoms with Crippen LogP contribution in [0.3, 0.4) is 0 Å². The number of carbonyl (C=O) groups excluding carboxylic acids is 2. The Morgan fingerprint density at radius 1 is 1.03 bits per heavy atom. The summed E-state index contributed by atoms with van der Waals surface area (Å²) < 4.78 is 6.19. The van der Waals surface area contributed by atoms with Gasteiger partial charge in [0.25, 0.3) is 11.5 Å². The first-order valence-electron chi connectivity index (χ1n) is 9.83. The molecule has 30 heavy (non-hydrogen) atoms. The van der Waals surface area contributed by atoms with Crippen molar-refractivity contribution in [3.05, 3.63) is 76.2 Å². The maximum Gasteiger partial charge on any atom is 0.328 e. The van der Waals surface area contributed by atoms with Gasteiger partial charge in [0.15, 0.2) is 5.69 Å². The number of nitrogens with one attached hydrogen (secondary N) is 1. The van der Waals surface area contributed by atoms with Crippen molar-refractivity contribution < 1.29 is 14.3 Å². The summed E-state index contributed by atoms with van der Waals surface area (Å²) in [5.41, 5.74) is 0.744. The molecule has 1 aromatic heterocycles. The van der Waals surface area contributed by atoms with Crippen LogP contribution in [0, 0.1) is 5.92 Å². The maximum absolute atomic E-state index is 13.1. The molecule has 0 bridgehead atoms. The highest BCUT2D eigenvalue weighted by Crippen LogP contribution is 2.15. The topological polar surface area (TPSA) is 90.3 Å². The molecule has 0 spiro atoms. The van der Waals surface area contributed by atoms with Gasteiger partial charge in [0.2, 0.25) is 0 Å². The predicted molar refractivity (Wildman–Crippen MR) is 114 cm³/mol. The van der Waals surface area contributed by atoms with Gasteiger partial charge in [-0.2, -0.15) is 5.10 Å². The van der Waals surface area contributed by atoms with Gasteiger partial charge >= 0.3 is 5.97 Å². The van der Waals surface area contributed by atoms with Crippen molar-refractivity contribution in [2.45, 2.75) is 32.9 Å². The lowest BCUT2D eigenvalue weighted by Gasteiger charge is -2.18. The Labute approximate surface area is 174 Å². The van der Waals surface area contributed by atoms with Crippen LogP contribution in [0.25, 0.3) is 10.8 Å². The molecule has 0 aliphatic rings. The second-order valence-corrected chi connectivity index (χ2v) is 7.51. The molecule has 0 unspecified atom stereocenters. The summed E-state index contributed by atoms with van der Waals surface area (Å²) >= 11 is 0. The van der Waals surface area contributed by atoms with Crippen LogP contribution in [0.15, 0.2) is 59.4 Å². The second-order valence-electron chi connectivity index (χ2n) is 7.51. The van der Waals surface area contributed by atoms with Gasteiger partial charge in [-0.15, -0.1) is 0 Å². The van der Waals surface area contributed by atoms with Crippen molar-refractivity contribution in [3.63, 3.8) is 0 Å². The van der Waals surface area contributed by atoms with Gasteiger partial charge in [-0.1, -0.05) is 62.4 Å². The predicted octanol–water partition coefficient (Wildman–Crippen LogP) is 2.57. The molecule has 7 heteroatoms. The number of fused-ring (bicyclic) bond motifs is 1. The highest BCUT2D eigenvalue weighted by Gasteiger charge is 2.25. The number of nitrogens with zero attached hydrogens (tertiary/aromatic N) is 2. The van der Waals surface area contributed by atoms with Crippen molar-refractivity contribution in [3.8, 4) is 0 Å². The van der Waals surface area contributed by atoms with Gasteiger partial charge in [0.05, 0.1) is 12.5 Å². The Balaban J connectivity index is 1.99. The van der Waals surface area contributed by atoms with Crippen LogP contribution in [-0.4, -0.2) is 34.8 Å². The fraction of sp³-hybridized carbons (Fsp3) is 0.304. The average molecular weight is 407 g/mol. The van der Waals surface area contributed by atoms with E-state index in [0.29, 0.717) is 17.3 Å². The minimum Gasteiger partial charge on any atom is -0.467 e. The zero-order valence-electron chi connectivity index (χ0n) is 17.3. The molecular formula is C23H25N3O4. The van der Waals surface area contributed by atoms with Crippen molar-refractivity contribution in [1.29, 1.82) is 0 Å².